The van der Waals surface area contributed by atoms with Gasteiger partial charge in [-0.05, 0) is 49.4 Å². The van der Waals surface area contributed by atoms with Crippen LogP contribution in [0.5, 0.6) is 0 Å². The molecule has 1 amide bonds. The third-order valence-corrected chi connectivity index (χ3v) is 4.09. The van der Waals surface area contributed by atoms with Crippen molar-refractivity contribution in [3.8, 4) is 0 Å². The lowest BCUT2D eigenvalue weighted by Crippen LogP contribution is -2.16. The van der Waals surface area contributed by atoms with Crippen LogP contribution < -0.4 is 10.5 Å². The molecule has 0 spiro atoms. The van der Waals surface area contributed by atoms with Crippen LogP contribution in [0.2, 0.25) is 0 Å². The molecule has 0 atom stereocenters. The van der Waals surface area contributed by atoms with E-state index in [4.69, 9.17) is 5.14 Å². The number of aryl methyl sites for hydroxylation is 1. The van der Waals surface area contributed by atoms with Crippen LogP contribution in [0.4, 0.5) is 5.69 Å². The number of hydrogen-bond donors (Lipinski definition) is 2. The summed E-state index contributed by atoms with van der Waals surface area (Å²) in [5, 5.41) is 7.89. The first-order valence-corrected chi connectivity index (χ1v) is 8.09. The minimum Gasteiger partial charge on any atom is -0.326 e. The van der Waals surface area contributed by atoms with Crippen molar-refractivity contribution in [3.05, 3.63) is 23.3 Å². The average Bonchev–Trinajstić information content (AvgIpc) is 2.30. The number of rotatable bonds is 5. The summed E-state index contributed by atoms with van der Waals surface area (Å²) in [5.74, 6) is 0.326. The van der Waals surface area contributed by atoms with E-state index in [1.807, 2.05) is 20.8 Å². The van der Waals surface area contributed by atoms with E-state index in [2.05, 4.69) is 5.32 Å². The van der Waals surface area contributed by atoms with Crippen molar-refractivity contribution in [2.75, 3.05) is 5.32 Å². The molecule has 3 N–H and O–H groups in total. The van der Waals surface area contributed by atoms with Gasteiger partial charge < -0.3 is 5.32 Å². The van der Waals surface area contributed by atoms with E-state index >= 15 is 0 Å². The largest absolute Gasteiger partial charge is 0.326 e. The van der Waals surface area contributed by atoms with Gasteiger partial charge in [-0.1, -0.05) is 13.8 Å². The molecule has 0 aliphatic carbocycles. The summed E-state index contributed by atoms with van der Waals surface area (Å²) >= 11 is 0. The number of primary sulfonamides is 1. The van der Waals surface area contributed by atoms with Crippen LogP contribution in [0.1, 0.15) is 37.8 Å². The van der Waals surface area contributed by atoms with Crippen LogP contribution in [0.25, 0.3) is 0 Å². The van der Waals surface area contributed by atoms with E-state index in [1.54, 1.807) is 6.92 Å². The Kier molecular flexibility index (Phi) is 5.30. The van der Waals surface area contributed by atoms with Crippen LogP contribution in [0, 0.1) is 19.8 Å². The van der Waals surface area contributed by atoms with E-state index in [9.17, 15) is 13.2 Å². The van der Waals surface area contributed by atoms with Crippen LogP contribution in [-0.2, 0) is 14.8 Å². The molecule has 0 unspecified atom stereocenters. The molecule has 0 aromatic heterocycles. The molecule has 0 bridgehead atoms. The van der Waals surface area contributed by atoms with E-state index in [-0.39, 0.29) is 10.8 Å². The fourth-order valence-electron chi connectivity index (χ4n) is 1.75. The van der Waals surface area contributed by atoms with Crippen LogP contribution in [-0.4, -0.2) is 14.3 Å². The Labute approximate surface area is 120 Å². The second-order valence-electron chi connectivity index (χ2n) is 5.44. The highest BCUT2D eigenvalue weighted by molar-refractivity contribution is 7.89. The fourth-order valence-corrected chi connectivity index (χ4v) is 2.38. The Bertz CT molecular complexity index is 607. The maximum absolute atomic E-state index is 11.8. The summed E-state index contributed by atoms with van der Waals surface area (Å²) in [7, 11) is -3.78. The smallest absolute Gasteiger partial charge is 0.238 e. The monoisotopic (exact) mass is 298 g/mol. The molecule has 0 saturated carbocycles. The first kappa shape index (κ1) is 16.7. The van der Waals surface area contributed by atoms with Crippen molar-refractivity contribution in [1.29, 1.82) is 0 Å². The first-order chi connectivity index (χ1) is 9.11. The number of anilines is 1. The number of carbonyl (C=O) groups is 1. The third kappa shape index (κ3) is 4.61. The van der Waals surface area contributed by atoms with Gasteiger partial charge in [-0.15, -0.1) is 0 Å². The van der Waals surface area contributed by atoms with Crippen LogP contribution >= 0.6 is 0 Å². The minimum absolute atomic E-state index is 0.0137. The molecular weight excluding hydrogens is 276 g/mol. The van der Waals surface area contributed by atoms with Crippen molar-refractivity contribution in [2.45, 2.75) is 45.4 Å². The Hall–Kier alpha value is -1.40. The van der Waals surface area contributed by atoms with E-state index < -0.39 is 10.0 Å². The molecule has 20 heavy (non-hydrogen) atoms. The maximum atomic E-state index is 11.8. The van der Waals surface area contributed by atoms with Crippen LogP contribution in [0.15, 0.2) is 17.0 Å². The van der Waals surface area contributed by atoms with E-state index in [0.29, 0.717) is 18.0 Å². The topological polar surface area (TPSA) is 89.3 Å². The van der Waals surface area contributed by atoms with Crippen molar-refractivity contribution < 1.29 is 13.2 Å². The second-order valence-corrected chi connectivity index (χ2v) is 7.00. The molecule has 0 fully saturated rings. The van der Waals surface area contributed by atoms with Gasteiger partial charge in [-0.3, -0.25) is 4.79 Å². The van der Waals surface area contributed by atoms with E-state index in [0.717, 1.165) is 17.5 Å². The number of hydrogen-bond acceptors (Lipinski definition) is 3. The molecule has 5 nitrogen and oxygen atoms in total. The normalized spacial score (nSPS) is 11.7. The molecule has 0 radical (unpaired) electrons. The number of nitrogens with two attached hydrogens (primary N) is 1. The van der Waals surface area contributed by atoms with Crippen molar-refractivity contribution >= 4 is 21.6 Å². The average molecular weight is 298 g/mol. The Balaban J connectivity index is 3.00. The summed E-state index contributed by atoms with van der Waals surface area (Å²) in [4.78, 5) is 11.9. The molecular formula is C14H22N2O3S. The maximum Gasteiger partial charge on any atom is 0.238 e. The van der Waals surface area contributed by atoms with Gasteiger partial charge in [0.25, 0.3) is 0 Å². The van der Waals surface area contributed by atoms with Crippen molar-refractivity contribution in [1.82, 2.24) is 0 Å². The second kappa shape index (κ2) is 6.37. The lowest BCUT2D eigenvalue weighted by Gasteiger charge is -2.13. The zero-order valence-electron chi connectivity index (χ0n) is 12.4. The fraction of sp³-hybridized carbons (Fsp3) is 0.500. The summed E-state index contributed by atoms with van der Waals surface area (Å²) in [6, 6.07) is 2.92. The molecule has 1 rings (SSSR count). The molecule has 0 heterocycles. The number of benzene rings is 1. The van der Waals surface area contributed by atoms with Gasteiger partial charge in [0.1, 0.15) is 0 Å². The predicted molar refractivity (Wildman–Crippen MR) is 80.0 cm³/mol. The molecule has 1 aromatic carbocycles. The molecule has 0 aliphatic rings. The van der Waals surface area contributed by atoms with Crippen molar-refractivity contribution in [2.24, 2.45) is 11.1 Å². The SMILES string of the molecule is Cc1cc(S(N)(=O)=O)cc(NC(=O)CCC(C)C)c1C. The van der Waals surface area contributed by atoms with Gasteiger partial charge in [0.05, 0.1) is 4.90 Å². The molecule has 112 valence electrons. The van der Waals surface area contributed by atoms with E-state index in [1.165, 1.54) is 12.1 Å². The highest BCUT2D eigenvalue weighted by atomic mass is 32.2. The lowest BCUT2D eigenvalue weighted by molar-refractivity contribution is -0.116. The zero-order valence-corrected chi connectivity index (χ0v) is 13.2. The van der Waals surface area contributed by atoms with Gasteiger partial charge >= 0.3 is 0 Å². The zero-order chi connectivity index (χ0) is 15.5. The first-order valence-electron chi connectivity index (χ1n) is 6.55. The van der Waals surface area contributed by atoms with Crippen molar-refractivity contribution in [3.63, 3.8) is 0 Å². The number of carbonyl (C=O) groups excluding carboxylic acids is 1. The summed E-state index contributed by atoms with van der Waals surface area (Å²) < 4.78 is 22.8. The molecule has 1 aromatic rings. The Morgan fingerprint density at radius 2 is 1.90 bits per heavy atom. The quantitative estimate of drug-likeness (QED) is 0.874. The Morgan fingerprint density at radius 1 is 1.30 bits per heavy atom. The summed E-state index contributed by atoms with van der Waals surface area (Å²) in [5.41, 5.74) is 2.12. The van der Waals surface area contributed by atoms with Gasteiger partial charge in [0.2, 0.25) is 15.9 Å². The lowest BCUT2D eigenvalue weighted by atomic mass is 10.1. The third-order valence-electron chi connectivity index (χ3n) is 3.19. The predicted octanol–water partition coefficient (Wildman–Crippen LogP) is 2.33. The van der Waals surface area contributed by atoms with Gasteiger partial charge in [-0.2, -0.15) is 0 Å². The number of amides is 1. The number of nitrogens with one attached hydrogen (secondary N) is 1. The van der Waals surface area contributed by atoms with Crippen LogP contribution in [0.3, 0.4) is 0 Å². The van der Waals surface area contributed by atoms with Gasteiger partial charge in [0, 0.05) is 12.1 Å². The van der Waals surface area contributed by atoms with Gasteiger partial charge in [0.15, 0.2) is 0 Å². The molecule has 0 saturated heterocycles. The summed E-state index contributed by atoms with van der Waals surface area (Å²) in [6.07, 6.45) is 1.20. The van der Waals surface area contributed by atoms with Gasteiger partial charge in [-0.25, -0.2) is 13.6 Å². The Morgan fingerprint density at radius 3 is 2.40 bits per heavy atom. The standard InChI is InChI=1S/C14H22N2O3S/c1-9(2)5-6-14(17)16-13-8-12(20(15,18)19)7-10(3)11(13)4/h7-9H,5-6H2,1-4H3,(H,16,17)(H2,15,18,19). The molecule has 0 aliphatic heterocycles. The highest BCUT2D eigenvalue weighted by Crippen LogP contribution is 2.23. The minimum atomic E-state index is -3.78. The highest BCUT2D eigenvalue weighted by Gasteiger charge is 2.14. The number of sulfonamides is 1. The molecule has 6 heteroatoms. The summed E-state index contributed by atoms with van der Waals surface area (Å²) in [6.45, 7) is 7.71.